The lowest BCUT2D eigenvalue weighted by atomic mass is 10.0. The molecule has 0 fully saturated rings. The Morgan fingerprint density at radius 1 is 0.408 bits per heavy atom. The van der Waals surface area contributed by atoms with E-state index in [9.17, 15) is 19.0 Å². The Morgan fingerprint density at radius 2 is 0.737 bits per heavy atom. The standard InChI is InChI=1S/C66H110NO8P/c1-6-8-10-12-14-16-18-20-22-24-26-27-28-29-30-31-32-33-34-35-36-37-38-39-41-42-44-46-48-50-52-54-56-58-65(68)72-62-64(63-74-76(70,71)73-61-60-67(3,4)5)75-66(69)59-57-55-53-51-49-47-45-43-40-25-23-21-19-17-15-13-11-9-7-2/h8-11,14-17,20-23,26-27,29-30,40,43,47,49,53,55,64H,6-7,12-13,18-19,24-25,28,31-39,41-42,44-46,48,50-52,54,56-63H2,1-5H3/b10-8-,11-9-,16-14-,17-15-,22-20-,23-21-,27-26-,30-29-,43-40-,49-47-,55-53-. The summed E-state index contributed by atoms with van der Waals surface area (Å²) in [5, 5.41) is 0. The van der Waals surface area contributed by atoms with Crippen LogP contribution in [0, 0.1) is 0 Å². The van der Waals surface area contributed by atoms with Gasteiger partial charge in [-0.3, -0.25) is 14.2 Å². The average Bonchev–Trinajstić information content (AvgIpc) is 3.38. The van der Waals surface area contributed by atoms with Gasteiger partial charge in [0.25, 0.3) is 7.82 Å². The summed E-state index contributed by atoms with van der Waals surface area (Å²) in [4.78, 5) is 37.8. The van der Waals surface area contributed by atoms with Crippen molar-refractivity contribution in [2.45, 2.75) is 225 Å². The number of quaternary nitrogens is 1. The van der Waals surface area contributed by atoms with Crippen molar-refractivity contribution in [3.8, 4) is 0 Å². The number of allylic oxidation sites excluding steroid dienone is 22. The summed E-state index contributed by atoms with van der Waals surface area (Å²) in [5.41, 5.74) is 0. The summed E-state index contributed by atoms with van der Waals surface area (Å²) >= 11 is 0. The summed E-state index contributed by atoms with van der Waals surface area (Å²) in [5.74, 6) is -0.937. The smallest absolute Gasteiger partial charge is 0.306 e. The molecule has 0 saturated heterocycles. The maximum Gasteiger partial charge on any atom is 0.306 e. The van der Waals surface area contributed by atoms with Crippen molar-refractivity contribution in [3.05, 3.63) is 134 Å². The Labute approximate surface area is 466 Å². The second-order valence-electron chi connectivity index (χ2n) is 20.6. The molecule has 0 heterocycles. The number of esters is 2. The minimum atomic E-state index is -4.66. The number of rotatable bonds is 53. The normalized spacial score (nSPS) is 14.2. The average molecular weight is 1080 g/mol. The summed E-state index contributed by atoms with van der Waals surface area (Å²) in [7, 11) is 1.11. The molecule has 0 bridgehead atoms. The predicted molar refractivity (Wildman–Crippen MR) is 323 cm³/mol. The van der Waals surface area contributed by atoms with E-state index in [1.165, 1.54) is 89.9 Å². The quantitative estimate of drug-likeness (QED) is 0.0195. The molecule has 9 nitrogen and oxygen atoms in total. The molecule has 0 rings (SSSR count). The Bertz CT molecular complexity index is 1740. The second-order valence-corrected chi connectivity index (χ2v) is 22.0. The van der Waals surface area contributed by atoms with Gasteiger partial charge >= 0.3 is 11.9 Å². The van der Waals surface area contributed by atoms with Crippen LogP contribution in [0.1, 0.15) is 219 Å². The van der Waals surface area contributed by atoms with E-state index in [4.69, 9.17) is 18.5 Å². The summed E-state index contributed by atoms with van der Waals surface area (Å²) < 4.78 is 34.0. The van der Waals surface area contributed by atoms with E-state index in [0.717, 1.165) is 89.9 Å². The number of hydrogen-bond acceptors (Lipinski definition) is 8. The number of nitrogens with zero attached hydrogens (tertiary/aromatic N) is 1. The lowest BCUT2D eigenvalue weighted by Gasteiger charge is -2.28. The maximum atomic E-state index is 12.7. The van der Waals surface area contributed by atoms with Crippen molar-refractivity contribution in [2.75, 3.05) is 47.5 Å². The lowest BCUT2D eigenvalue weighted by Crippen LogP contribution is -2.37. The molecular formula is C66H110NO8P. The molecule has 76 heavy (non-hydrogen) atoms. The van der Waals surface area contributed by atoms with E-state index in [-0.39, 0.29) is 26.1 Å². The first-order valence-corrected chi connectivity index (χ1v) is 31.4. The Hall–Kier alpha value is -3.85. The van der Waals surface area contributed by atoms with Crippen LogP contribution in [-0.4, -0.2) is 70.0 Å². The van der Waals surface area contributed by atoms with Crippen molar-refractivity contribution < 1.29 is 42.1 Å². The Morgan fingerprint density at radius 3 is 1.11 bits per heavy atom. The van der Waals surface area contributed by atoms with E-state index in [0.29, 0.717) is 23.9 Å². The molecule has 2 unspecified atom stereocenters. The van der Waals surface area contributed by atoms with Gasteiger partial charge in [-0.05, 0) is 96.3 Å². The second kappa shape index (κ2) is 55.9. The number of hydrogen-bond donors (Lipinski definition) is 0. The van der Waals surface area contributed by atoms with Crippen LogP contribution in [0.25, 0.3) is 0 Å². The fraction of sp³-hybridized carbons (Fsp3) is 0.636. The monoisotopic (exact) mass is 1080 g/mol. The molecule has 0 aliphatic heterocycles. The zero-order chi connectivity index (χ0) is 55.6. The van der Waals surface area contributed by atoms with E-state index in [1.54, 1.807) is 0 Å². The molecule has 0 saturated carbocycles. The third-order valence-electron chi connectivity index (χ3n) is 12.2. The Kier molecular flexibility index (Phi) is 53.1. The van der Waals surface area contributed by atoms with Crippen LogP contribution in [0.15, 0.2) is 134 Å². The molecule has 0 amide bonds. The summed E-state index contributed by atoms with van der Waals surface area (Å²) in [6.07, 6.45) is 81.0. The zero-order valence-electron chi connectivity index (χ0n) is 48.9. The predicted octanol–water partition coefficient (Wildman–Crippen LogP) is 18.3. The molecule has 2 atom stereocenters. The third-order valence-corrected chi connectivity index (χ3v) is 13.1. The van der Waals surface area contributed by atoms with Gasteiger partial charge < -0.3 is 27.9 Å². The fourth-order valence-electron chi connectivity index (χ4n) is 7.65. The largest absolute Gasteiger partial charge is 0.756 e. The molecule has 0 radical (unpaired) electrons. The van der Waals surface area contributed by atoms with Gasteiger partial charge in [0.05, 0.1) is 27.7 Å². The molecule has 0 spiro atoms. The van der Waals surface area contributed by atoms with Crippen molar-refractivity contribution in [2.24, 2.45) is 0 Å². The third kappa shape index (κ3) is 59.4. The van der Waals surface area contributed by atoms with Crippen LogP contribution in [0.5, 0.6) is 0 Å². The van der Waals surface area contributed by atoms with E-state index in [1.807, 2.05) is 33.3 Å². The first kappa shape index (κ1) is 72.2. The zero-order valence-corrected chi connectivity index (χ0v) is 49.8. The maximum absolute atomic E-state index is 12.7. The van der Waals surface area contributed by atoms with Crippen LogP contribution in [0.2, 0.25) is 0 Å². The van der Waals surface area contributed by atoms with Crippen molar-refractivity contribution in [1.82, 2.24) is 0 Å². The minimum absolute atomic E-state index is 0.0504. The van der Waals surface area contributed by atoms with Gasteiger partial charge in [-0.15, -0.1) is 0 Å². The molecule has 432 valence electrons. The lowest BCUT2D eigenvalue weighted by molar-refractivity contribution is -0.870. The minimum Gasteiger partial charge on any atom is -0.756 e. The van der Waals surface area contributed by atoms with Gasteiger partial charge in [0.1, 0.15) is 19.8 Å². The van der Waals surface area contributed by atoms with Crippen LogP contribution in [-0.2, 0) is 32.7 Å². The van der Waals surface area contributed by atoms with Crippen LogP contribution >= 0.6 is 7.82 Å². The number of likely N-dealkylation sites (N-methyl/N-ethyl adjacent to an activating group) is 1. The van der Waals surface area contributed by atoms with Crippen molar-refractivity contribution in [3.63, 3.8) is 0 Å². The molecule has 0 N–H and O–H groups in total. The molecule has 0 aromatic carbocycles. The van der Waals surface area contributed by atoms with Gasteiger partial charge in [0, 0.05) is 12.8 Å². The molecule has 0 aliphatic carbocycles. The first-order valence-electron chi connectivity index (χ1n) is 29.9. The molecule has 10 heteroatoms. The highest BCUT2D eigenvalue weighted by molar-refractivity contribution is 7.45. The Balaban J connectivity index is 4.15. The molecule has 0 aromatic rings. The molecule has 0 aromatic heterocycles. The SMILES string of the molecule is CC/C=C\C/C=C\C/C=C\C/C=C\C/C=C\C/C=C\CCC(=O)OC(COC(=O)CCCCCCCCCCCCCCCCCCC/C=C\C/C=C\C/C=C\C/C=C\C/C=C\CC)COP(=O)([O-])OCC[N+](C)(C)C. The fourth-order valence-corrected chi connectivity index (χ4v) is 8.38. The summed E-state index contributed by atoms with van der Waals surface area (Å²) in [6.45, 7) is 3.91. The number of ether oxygens (including phenoxy) is 2. The highest BCUT2D eigenvalue weighted by Gasteiger charge is 2.21. The molecule has 0 aliphatic rings. The number of phosphoric acid groups is 1. The molecular weight excluding hydrogens is 966 g/mol. The number of carbonyl (C=O) groups is 2. The number of phosphoric ester groups is 1. The highest BCUT2D eigenvalue weighted by atomic mass is 31.2. The van der Waals surface area contributed by atoms with Gasteiger partial charge in [0.15, 0.2) is 6.10 Å². The topological polar surface area (TPSA) is 111 Å². The number of carbonyl (C=O) groups excluding carboxylic acids is 2. The van der Waals surface area contributed by atoms with Crippen LogP contribution in [0.4, 0.5) is 0 Å². The van der Waals surface area contributed by atoms with Gasteiger partial charge in [-0.25, -0.2) is 0 Å². The van der Waals surface area contributed by atoms with E-state index >= 15 is 0 Å². The van der Waals surface area contributed by atoms with Crippen LogP contribution < -0.4 is 4.89 Å². The van der Waals surface area contributed by atoms with Gasteiger partial charge in [-0.1, -0.05) is 244 Å². The van der Waals surface area contributed by atoms with Gasteiger partial charge in [0.2, 0.25) is 0 Å². The van der Waals surface area contributed by atoms with Crippen molar-refractivity contribution in [1.29, 1.82) is 0 Å². The van der Waals surface area contributed by atoms with E-state index < -0.39 is 32.5 Å². The summed E-state index contributed by atoms with van der Waals surface area (Å²) in [6, 6.07) is 0. The first-order chi connectivity index (χ1) is 37.0. The number of unbranched alkanes of at least 4 members (excludes halogenated alkanes) is 17. The van der Waals surface area contributed by atoms with Crippen molar-refractivity contribution >= 4 is 19.8 Å². The van der Waals surface area contributed by atoms with Gasteiger partial charge in [-0.2, -0.15) is 0 Å². The van der Waals surface area contributed by atoms with E-state index in [2.05, 4.69) is 135 Å². The van der Waals surface area contributed by atoms with Crippen LogP contribution in [0.3, 0.4) is 0 Å². The highest BCUT2D eigenvalue weighted by Crippen LogP contribution is 2.38.